The van der Waals surface area contributed by atoms with Crippen LogP contribution in [0.1, 0.15) is 5.56 Å². The lowest BCUT2D eigenvalue weighted by Gasteiger charge is -2.16. The molecule has 4 nitrogen and oxygen atoms in total. The Morgan fingerprint density at radius 3 is 2.55 bits per heavy atom. The van der Waals surface area contributed by atoms with Gasteiger partial charge in [0.15, 0.2) is 15.3 Å². The SMILES string of the molecule is Cc1cccc(OC(CS(=O)(=O)c2ccccc2)SC#N)c1. The maximum atomic E-state index is 12.4. The maximum absolute atomic E-state index is 12.4. The van der Waals surface area contributed by atoms with Crippen molar-refractivity contribution in [3.8, 4) is 11.2 Å². The predicted molar refractivity (Wildman–Crippen MR) is 87.3 cm³/mol. The van der Waals surface area contributed by atoms with Gasteiger partial charge in [0.05, 0.1) is 4.90 Å². The van der Waals surface area contributed by atoms with Crippen LogP contribution in [0.2, 0.25) is 0 Å². The highest BCUT2D eigenvalue weighted by atomic mass is 32.2. The van der Waals surface area contributed by atoms with Gasteiger partial charge in [0.25, 0.3) is 0 Å². The summed E-state index contributed by atoms with van der Waals surface area (Å²) in [7, 11) is -3.51. The highest BCUT2D eigenvalue weighted by molar-refractivity contribution is 8.05. The van der Waals surface area contributed by atoms with Crippen molar-refractivity contribution >= 4 is 21.6 Å². The molecule has 0 bridgehead atoms. The molecule has 0 fully saturated rings. The Kier molecular flexibility index (Phi) is 5.47. The van der Waals surface area contributed by atoms with E-state index in [1.807, 2.05) is 24.5 Å². The minimum atomic E-state index is -3.51. The van der Waals surface area contributed by atoms with Crippen LogP contribution in [-0.4, -0.2) is 19.6 Å². The third-order valence-corrected chi connectivity index (χ3v) is 5.47. The number of nitrogens with zero attached hydrogens (tertiary/aromatic N) is 1. The number of sulfone groups is 1. The quantitative estimate of drug-likeness (QED) is 0.599. The number of thiocyanates is 1. The van der Waals surface area contributed by atoms with Crippen LogP contribution in [0.5, 0.6) is 5.75 Å². The second-order valence-corrected chi connectivity index (χ2v) is 7.65. The fourth-order valence-electron chi connectivity index (χ4n) is 1.89. The lowest BCUT2D eigenvalue weighted by Crippen LogP contribution is -2.23. The summed E-state index contributed by atoms with van der Waals surface area (Å²) in [5.41, 5.74) is 0.223. The fraction of sp³-hybridized carbons (Fsp3) is 0.188. The summed E-state index contributed by atoms with van der Waals surface area (Å²) in [6.45, 7) is 1.92. The van der Waals surface area contributed by atoms with Crippen molar-refractivity contribution in [3.05, 3.63) is 60.2 Å². The minimum absolute atomic E-state index is 0.228. The smallest absolute Gasteiger partial charge is 0.182 e. The molecule has 0 radical (unpaired) electrons. The van der Waals surface area contributed by atoms with E-state index in [0.29, 0.717) is 5.75 Å². The van der Waals surface area contributed by atoms with Gasteiger partial charge in [0, 0.05) is 0 Å². The van der Waals surface area contributed by atoms with Crippen molar-refractivity contribution < 1.29 is 13.2 Å². The van der Waals surface area contributed by atoms with Gasteiger partial charge in [-0.15, -0.1) is 0 Å². The molecule has 1 atom stereocenters. The first-order chi connectivity index (χ1) is 10.5. The zero-order valence-corrected chi connectivity index (χ0v) is 13.6. The van der Waals surface area contributed by atoms with Crippen LogP contribution >= 0.6 is 11.8 Å². The summed E-state index contributed by atoms with van der Waals surface area (Å²) >= 11 is 0.803. The number of benzene rings is 2. The largest absolute Gasteiger partial charge is 0.478 e. The van der Waals surface area contributed by atoms with Crippen molar-refractivity contribution in [2.75, 3.05) is 5.75 Å². The standard InChI is InChI=1S/C16H15NO3S2/c1-13-6-5-7-14(10-13)20-16(21-12-17)11-22(18,19)15-8-3-2-4-9-15/h2-10,16H,11H2,1H3. The summed E-state index contributed by atoms with van der Waals surface area (Å²) < 4.78 is 30.4. The van der Waals surface area contributed by atoms with Crippen LogP contribution in [0, 0.1) is 17.6 Å². The van der Waals surface area contributed by atoms with Gasteiger partial charge in [0.1, 0.15) is 16.9 Å². The molecule has 2 aromatic carbocycles. The van der Waals surface area contributed by atoms with E-state index in [9.17, 15) is 8.42 Å². The van der Waals surface area contributed by atoms with Crippen molar-refractivity contribution in [3.63, 3.8) is 0 Å². The van der Waals surface area contributed by atoms with Crippen LogP contribution in [0.4, 0.5) is 0 Å². The first kappa shape index (κ1) is 16.4. The van der Waals surface area contributed by atoms with E-state index in [1.165, 1.54) is 12.1 Å². The molecule has 0 amide bonds. The molecule has 0 aliphatic carbocycles. The number of hydrogen-bond acceptors (Lipinski definition) is 5. The van der Waals surface area contributed by atoms with Gasteiger partial charge in [-0.3, -0.25) is 0 Å². The van der Waals surface area contributed by atoms with Crippen molar-refractivity contribution in [1.82, 2.24) is 0 Å². The molecule has 2 rings (SSSR count). The van der Waals surface area contributed by atoms with Gasteiger partial charge in [0.2, 0.25) is 0 Å². The Hall–Kier alpha value is -1.97. The summed E-state index contributed by atoms with van der Waals surface area (Å²) in [6.07, 6.45) is 0. The van der Waals surface area contributed by atoms with Crippen molar-refractivity contribution in [1.29, 1.82) is 5.26 Å². The number of aryl methyl sites for hydroxylation is 1. The van der Waals surface area contributed by atoms with Gasteiger partial charge in [-0.25, -0.2) is 8.42 Å². The normalized spacial score (nSPS) is 12.4. The molecule has 114 valence electrons. The molecular formula is C16H15NO3S2. The van der Waals surface area contributed by atoms with Crippen molar-refractivity contribution in [2.45, 2.75) is 17.3 Å². The van der Waals surface area contributed by atoms with E-state index in [1.54, 1.807) is 30.3 Å². The van der Waals surface area contributed by atoms with Gasteiger partial charge in [-0.2, -0.15) is 5.26 Å². The Labute approximate surface area is 134 Å². The van der Waals surface area contributed by atoms with Gasteiger partial charge < -0.3 is 4.74 Å². The average Bonchev–Trinajstić information content (AvgIpc) is 2.48. The third kappa shape index (κ3) is 4.52. The van der Waals surface area contributed by atoms with Gasteiger partial charge in [-0.05, 0) is 48.5 Å². The molecular weight excluding hydrogens is 318 g/mol. The Balaban J connectivity index is 2.17. The van der Waals surface area contributed by atoms with Gasteiger partial charge >= 0.3 is 0 Å². The zero-order chi connectivity index (χ0) is 16.0. The van der Waals surface area contributed by atoms with E-state index >= 15 is 0 Å². The Morgan fingerprint density at radius 2 is 1.91 bits per heavy atom. The molecule has 1 unspecified atom stereocenters. The van der Waals surface area contributed by atoms with Crippen LogP contribution in [-0.2, 0) is 9.84 Å². The molecule has 2 aromatic rings. The molecule has 0 heterocycles. The highest BCUT2D eigenvalue weighted by Crippen LogP contribution is 2.22. The van der Waals surface area contributed by atoms with Crippen molar-refractivity contribution in [2.24, 2.45) is 0 Å². The Morgan fingerprint density at radius 1 is 1.18 bits per heavy atom. The molecule has 0 aliphatic heterocycles. The molecule has 0 spiro atoms. The second-order valence-electron chi connectivity index (χ2n) is 4.67. The van der Waals surface area contributed by atoms with Crippen LogP contribution in [0.25, 0.3) is 0 Å². The van der Waals surface area contributed by atoms with Gasteiger partial charge in [-0.1, -0.05) is 30.3 Å². The summed E-state index contributed by atoms with van der Waals surface area (Å²) in [4.78, 5) is 0.228. The highest BCUT2D eigenvalue weighted by Gasteiger charge is 2.23. The summed E-state index contributed by atoms with van der Waals surface area (Å²) in [6, 6.07) is 15.5. The van der Waals surface area contributed by atoms with E-state index in [2.05, 4.69) is 0 Å². The monoisotopic (exact) mass is 333 g/mol. The second kappa shape index (κ2) is 7.34. The Bertz CT molecular complexity index is 767. The number of hydrogen-bond donors (Lipinski definition) is 0. The lowest BCUT2D eigenvalue weighted by molar-refractivity contribution is 0.309. The number of ether oxygens (including phenoxy) is 1. The van der Waals surface area contributed by atoms with E-state index in [4.69, 9.17) is 10.00 Å². The van der Waals surface area contributed by atoms with E-state index in [-0.39, 0.29) is 10.6 Å². The molecule has 22 heavy (non-hydrogen) atoms. The molecule has 0 N–H and O–H groups in total. The average molecular weight is 333 g/mol. The van der Waals surface area contributed by atoms with Crippen LogP contribution < -0.4 is 4.74 Å². The fourth-order valence-corrected chi connectivity index (χ4v) is 4.17. The van der Waals surface area contributed by atoms with Crippen LogP contribution in [0.15, 0.2) is 59.5 Å². The summed E-state index contributed by atoms with van der Waals surface area (Å²) in [5, 5.41) is 10.8. The zero-order valence-electron chi connectivity index (χ0n) is 12.0. The third-order valence-electron chi connectivity index (χ3n) is 2.90. The predicted octanol–water partition coefficient (Wildman–Crippen LogP) is 3.39. The lowest BCUT2D eigenvalue weighted by atomic mass is 10.2. The first-order valence-electron chi connectivity index (χ1n) is 6.57. The molecule has 6 heteroatoms. The van der Waals surface area contributed by atoms with Crippen LogP contribution in [0.3, 0.4) is 0 Å². The maximum Gasteiger partial charge on any atom is 0.182 e. The van der Waals surface area contributed by atoms with E-state index in [0.717, 1.165) is 17.3 Å². The van der Waals surface area contributed by atoms with E-state index < -0.39 is 15.3 Å². The number of nitriles is 1. The minimum Gasteiger partial charge on any atom is -0.478 e. The first-order valence-corrected chi connectivity index (χ1v) is 9.10. The molecule has 0 saturated heterocycles. The molecule has 0 aliphatic rings. The topological polar surface area (TPSA) is 67.2 Å². The number of rotatable bonds is 6. The molecule has 0 saturated carbocycles. The number of thioether (sulfide) groups is 1. The molecule has 0 aromatic heterocycles. The summed E-state index contributed by atoms with van der Waals surface area (Å²) in [5.74, 6) is 0.291.